The van der Waals surface area contributed by atoms with Crippen molar-refractivity contribution in [2.45, 2.75) is 37.0 Å². The molecule has 4 aliphatic rings. The van der Waals surface area contributed by atoms with Crippen molar-refractivity contribution >= 4 is 33.9 Å². The Morgan fingerprint density at radius 3 is 0.778 bits per heavy atom. The molecule has 13 rings (SSSR count). The van der Waals surface area contributed by atoms with Gasteiger partial charge in [-0.3, -0.25) is 15.0 Å². The van der Waals surface area contributed by atoms with Crippen molar-refractivity contribution in [2.24, 2.45) is 15.0 Å². The number of aliphatic imine (C=N–C) groups is 3. The van der Waals surface area contributed by atoms with Gasteiger partial charge in [-0.05, 0) is 110 Å². The third-order valence-electron chi connectivity index (χ3n) is 17.1. The van der Waals surface area contributed by atoms with E-state index in [1.807, 2.05) is 0 Å². The van der Waals surface area contributed by atoms with Gasteiger partial charge in [0.1, 0.15) is 0 Å². The number of H-pyrrole nitrogens is 3. The van der Waals surface area contributed by atoms with E-state index in [0.29, 0.717) is 16.7 Å². The number of allylic oxidation sites excluding steroid dienone is 6. The quantitative estimate of drug-likeness (QED) is 0.0842. The highest BCUT2D eigenvalue weighted by Crippen LogP contribution is 2.47. The summed E-state index contributed by atoms with van der Waals surface area (Å²) in [6.45, 7) is 4.81. The molecule has 6 aromatic carbocycles. The van der Waals surface area contributed by atoms with E-state index in [-0.39, 0.29) is 51.3 Å². The molecule has 7 heterocycles. The number of fused-ring (bicyclic) bond motifs is 9. The van der Waals surface area contributed by atoms with Crippen LogP contribution in [0.25, 0.3) is 16.7 Å². The van der Waals surface area contributed by atoms with E-state index >= 15 is 52.7 Å². The molecule has 0 spiro atoms. The molecule has 3 atom stereocenters. The standard InChI is InChI=1S/C69H39F15N6/c1-67(31-13-7-4-8-14-31)40-25-19-34(85-40)46(49-52(70)58(76)64(82)59(77)53(49)71)36-21-27-42(87-36)68(2,32-15-9-5-10-16-32)44-29-23-38(89-44)48(51-56(74)62(80)66(84)63(81)57(51)75)39-24-30-45(90-39)69(3,33-17-11-6-12-18-33)43-28-22-37(88-43)47(35-20-26-41(67)86-35)50-54(72)60(78)65(83)61(79)55(50)73/h4-30,85-86,89H,1-3H3/b46-36-,47-37+,48-39-/t67-,68+,69-/m0/s1. The number of rotatable bonds is 6. The Balaban J connectivity index is 1.17. The van der Waals surface area contributed by atoms with Gasteiger partial charge in [0, 0.05) is 50.9 Å². The Morgan fingerprint density at radius 2 is 0.489 bits per heavy atom. The first-order chi connectivity index (χ1) is 43.0. The van der Waals surface area contributed by atoms with E-state index in [1.54, 1.807) is 112 Å². The van der Waals surface area contributed by atoms with Gasteiger partial charge in [0.15, 0.2) is 69.8 Å². The van der Waals surface area contributed by atoms with Crippen molar-refractivity contribution in [1.82, 2.24) is 15.0 Å². The molecule has 0 fully saturated rings. The summed E-state index contributed by atoms with van der Waals surface area (Å²) in [6.07, 6.45) is 7.77. The third-order valence-corrected chi connectivity index (χ3v) is 17.1. The van der Waals surface area contributed by atoms with Crippen molar-refractivity contribution in [3.63, 3.8) is 0 Å². The number of aromatic amines is 3. The van der Waals surface area contributed by atoms with Crippen LogP contribution in [0.4, 0.5) is 65.9 Å². The predicted octanol–water partition coefficient (Wildman–Crippen LogP) is 17.4. The Kier molecular flexibility index (Phi) is 13.9. The molecule has 21 heteroatoms. The topological polar surface area (TPSA) is 84.5 Å². The second-order valence-electron chi connectivity index (χ2n) is 21.9. The molecule has 90 heavy (non-hydrogen) atoms. The summed E-state index contributed by atoms with van der Waals surface area (Å²) in [4.78, 5) is 23.8. The van der Waals surface area contributed by atoms with Gasteiger partial charge in [0.2, 0.25) is 17.5 Å². The van der Waals surface area contributed by atoms with Gasteiger partial charge in [0.25, 0.3) is 0 Å². The molecule has 0 saturated carbocycles. The van der Waals surface area contributed by atoms with Crippen LogP contribution in [0.2, 0.25) is 0 Å². The summed E-state index contributed by atoms with van der Waals surface area (Å²) in [5.41, 5.74) is -12.0. The van der Waals surface area contributed by atoms with E-state index in [4.69, 9.17) is 15.0 Å². The van der Waals surface area contributed by atoms with E-state index in [2.05, 4.69) is 15.0 Å². The van der Waals surface area contributed by atoms with Gasteiger partial charge in [-0.2, -0.15) is 0 Å². The second-order valence-corrected chi connectivity index (χ2v) is 21.9. The molecular formula is C69H39F15N6. The number of nitrogens with zero attached hydrogens (tertiary/aromatic N) is 3. The maximum Gasteiger partial charge on any atom is 0.200 e. The lowest BCUT2D eigenvalue weighted by Crippen LogP contribution is -2.38. The monoisotopic (exact) mass is 1240 g/mol. The van der Waals surface area contributed by atoms with Crippen LogP contribution in [0, 0.1) is 87.3 Å². The van der Waals surface area contributed by atoms with Crippen molar-refractivity contribution in [3.8, 4) is 0 Å². The summed E-state index contributed by atoms with van der Waals surface area (Å²) >= 11 is 0. The highest BCUT2D eigenvalue weighted by atomic mass is 19.2. The zero-order valence-electron chi connectivity index (χ0n) is 46.6. The van der Waals surface area contributed by atoms with Crippen molar-refractivity contribution in [3.05, 3.63) is 336 Å². The van der Waals surface area contributed by atoms with Gasteiger partial charge in [0.05, 0.1) is 67.2 Å². The number of benzene rings is 6. The number of nitrogens with one attached hydrogen (secondary N) is 3. The van der Waals surface area contributed by atoms with Crippen LogP contribution in [-0.4, -0.2) is 32.1 Å². The molecule has 12 bridgehead atoms. The van der Waals surface area contributed by atoms with Crippen LogP contribution in [0.3, 0.4) is 0 Å². The molecule has 0 saturated heterocycles. The molecular weight excluding hydrogens is 1200 g/mol. The molecule has 0 amide bonds. The zero-order valence-corrected chi connectivity index (χ0v) is 46.6. The molecule has 0 unspecified atom stereocenters. The molecule has 9 aromatic rings. The lowest BCUT2D eigenvalue weighted by Gasteiger charge is -2.30. The van der Waals surface area contributed by atoms with Crippen molar-refractivity contribution in [2.75, 3.05) is 0 Å². The van der Waals surface area contributed by atoms with E-state index < -0.39 is 154 Å². The van der Waals surface area contributed by atoms with Crippen molar-refractivity contribution in [1.29, 1.82) is 0 Å². The molecule has 3 N–H and O–H groups in total. The van der Waals surface area contributed by atoms with Gasteiger partial charge in [-0.1, -0.05) is 91.0 Å². The average molecular weight is 1240 g/mol. The SMILES string of the molecule is C[C@]1(c2ccccc2)C2=N/C(=C(/c3c(F)c(F)c(F)c(F)c3F)c3ccc([nH]3)[C@@](C)(c3ccccc3)c3ccc([nH]3)/C(c3c(F)c(F)c(F)c(F)c3F)=C3\C=CC(=N3)[C@@](C)(c3ccccc3)c3ccc([nH]3)/C(c3c(F)c(F)c(F)c(F)c3F)=C3\C=CC1=N3)C=C2. The van der Waals surface area contributed by atoms with Crippen LogP contribution < -0.4 is 0 Å². The minimum atomic E-state index is -2.48. The van der Waals surface area contributed by atoms with Crippen LogP contribution in [-0.2, 0) is 16.2 Å². The molecule has 0 aliphatic carbocycles. The zero-order chi connectivity index (χ0) is 63.6. The lowest BCUT2D eigenvalue weighted by atomic mass is 9.74. The Bertz CT molecular complexity index is 4780. The summed E-state index contributed by atoms with van der Waals surface area (Å²) in [6, 6.07) is 32.7. The number of halogens is 15. The number of hydrogen-bond donors (Lipinski definition) is 3. The maximum atomic E-state index is 16.6. The number of hydrogen-bond acceptors (Lipinski definition) is 3. The summed E-state index contributed by atoms with van der Waals surface area (Å²) in [7, 11) is 0. The Hall–Kier alpha value is -10.4. The highest BCUT2D eigenvalue weighted by Gasteiger charge is 2.44. The first kappa shape index (κ1) is 58.6. The fourth-order valence-electron chi connectivity index (χ4n) is 12.2. The van der Waals surface area contributed by atoms with E-state index in [9.17, 15) is 13.2 Å². The fourth-order valence-corrected chi connectivity index (χ4v) is 12.2. The summed E-state index contributed by atoms with van der Waals surface area (Å²) < 4.78 is 238. The molecule has 450 valence electrons. The lowest BCUT2D eigenvalue weighted by molar-refractivity contribution is 0.376. The average Bonchev–Trinajstić information content (AvgIpc) is 1.57. The summed E-state index contributed by atoms with van der Waals surface area (Å²) in [5, 5.41) is 0. The van der Waals surface area contributed by atoms with Crippen LogP contribution >= 0.6 is 0 Å². The van der Waals surface area contributed by atoms with Crippen LogP contribution in [0.15, 0.2) is 196 Å². The largest absolute Gasteiger partial charge is 0.357 e. The minimum Gasteiger partial charge on any atom is -0.357 e. The van der Waals surface area contributed by atoms with Crippen LogP contribution in [0.1, 0.15) is 88.3 Å². The second kappa shape index (κ2) is 21.4. The maximum absolute atomic E-state index is 16.6. The van der Waals surface area contributed by atoms with Gasteiger partial charge in [-0.25, -0.2) is 65.9 Å². The van der Waals surface area contributed by atoms with Crippen LogP contribution in [0.5, 0.6) is 0 Å². The highest BCUT2D eigenvalue weighted by molar-refractivity contribution is 6.26. The van der Waals surface area contributed by atoms with Gasteiger partial charge < -0.3 is 15.0 Å². The first-order valence-corrected chi connectivity index (χ1v) is 27.4. The molecule has 3 aromatic heterocycles. The molecule has 4 aliphatic heterocycles. The van der Waals surface area contributed by atoms with Crippen molar-refractivity contribution < 1.29 is 65.9 Å². The van der Waals surface area contributed by atoms with E-state index in [1.165, 1.54) is 72.9 Å². The Morgan fingerprint density at radius 1 is 0.256 bits per heavy atom. The predicted molar refractivity (Wildman–Crippen MR) is 308 cm³/mol. The fraction of sp³-hybridized carbons (Fsp3) is 0.0870. The number of aromatic nitrogens is 3. The van der Waals surface area contributed by atoms with Gasteiger partial charge >= 0.3 is 0 Å². The summed E-state index contributed by atoms with van der Waals surface area (Å²) in [5.74, 6) is -34.9. The molecule has 0 radical (unpaired) electrons. The molecule has 6 nitrogen and oxygen atoms in total. The smallest absolute Gasteiger partial charge is 0.200 e. The Labute approximate surface area is 500 Å². The van der Waals surface area contributed by atoms with Gasteiger partial charge in [-0.15, -0.1) is 0 Å². The van der Waals surface area contributed by atoms with E-state index in [0.717, 1.165) is 0 Å². The third kappa shape index (κ3) is 8.63. The minimum absolute atomic E-state index is 0.000270. The first-order valence-electron chi connectivity index (χ1n) is 27.4. The normalized spacial score (nSPS) is 22.1.